The highest BCUT2D eigenvalue weighted by Crippen LogP contribution is 2.32. The minimum atomic E-state index is -0.649. The van der Waals surface area contributed by atoms with Gasteiger partial charge >= 0.3 is 0 Å². The van der Waals surface area contributed by atoms with Gasteiger partial charge in [-0.25, -0.2) is 0 Å². The number of hydrogen-bond acceptors (Lipinski definition) is 4. The zero-order chi connectivity index (χ0) is 11.5. The van der Waals surface area contributed by atoms with Gasteiger partial charge in [-0.05, 0) is 30.0 Å². The number of pyridine rings is 1. The lowest BCUT2D eigenvalue weighted by Crippen LogP contribution is -2.02. The SMILES string of the molecule is COc1cnccc1C(O)c1ccsc1C. The summed E-state index contributed by atoms with van der Waals surface area (Å²) in [4.78, 5) is 5.09. The lowest BCUT2D eigenvalue weighted by Gasteiger charge is -2.14. The fraction of sp³-hybridized carbons (Fsp3) is 0.250. The Hall–Kier alpha value is -1.39. The number of nitrogens with zero attached hydrogens (tertiary/aromatic N) is 1. The summed E-state index contributed by atoms with van der Waals surface area (Å²) in [5.41, 5.74) is 1.67. The maximum Gasteiger partial charge on any atom is 0.143 e. The summed E-state index contributed by atoms with van der Waals surface area (Å²) >= 11 is 1.62. The molecule has 84 valence electrons. The van der Waals surface area contributed by atoms with Crippen LogP contribution in [0, 0.1) is 6.92 Å². The molecule has 1 atom stereocenters. The molecule has 0 aliphatic carbocycles. The minimum absolute atomic E-state index is 0.612. The van der Waals surface area contributed by atoms with E-state index in [4.69, 9.17) is 4.74 Å². The largest absolute Gasteiger partial charge is 0.495 e. The van der Waals surface area contributed by atoms with Crippen LogP contribution in [0.5, 0.6) is 5.75 Å². The molecular weight excluding hydrogens is 222 g/mol. The van der Waals surface area contributed by atoms with Crippen LogP contribution in [0.25, 0.3) is 0 Å². The number of thiophene rings is 1. The number of aromatic nitrogens is 1. The summed E-state index contributed by atoms with van der Waals surface area (Å²) in [6.45, 7) is 2.00. The molecule has 0 aliphatic rings. The number of aryl methyl sites for hydroxylation is 1. The average molecular weight is 235 g/mol. The van der Waals surface area contributed by atoms with Gasteiger partial charge in [-0.2, -0.15) is 0 Å². The first-order chi connectivity index (χ1) is 7.74. The van der Waals surface area contributed by atoms with Gasteiger partial charge in [0.1, 0.15) is 11.9 Å². The molecule has 0 aromatic carbocycles. The Balaban J connectivity index is 2.41. The quantitative estimate of drug-likeness (QED) is 0.889. The molecule has 16 heavy (non-hydrogen) atoms. The molecule has 3 nitrogen and oxygen atoms in total. The topological polar surface area (TPSA) is 42.4 Å². The van der Waals surface area contributed by atoms with Crippen LogP contribution in [0.4, 0.5) is 0 Å². The predicted molar refractivity (Wildman–Crippen MR) is 63.9 cm³/mol. The van der Waals surface area contributed by atoms with Crippen LogP contribution in [0.2, 0.25) is 0 Å². The molecule has 0 bridgehead atoms. The van der Waals surface area contributed by atoms with E-state index in [2.05, 4.69) is 4.98 Å². The maximum atomic E-state index is 10.3. The smallest absolute Gasteiger partial charge is 0.143 e. The van der Waals surface area contributed by atoms with Crippen molar-refractivity contribution in [3.05, 3.63) is 45.9 Å². The van der Waals surface area contributed by atoms with Crippen molar-refractivity contribution in [2.45, 2.75) is 13.0 Å². The fourth-order valence-electron chi connectivity index (χ4n) is 1.63. The fourth-order valence-corrected chi connectivity index (χ4v) is 2.37. The summed E-state index contributed by atoms with van der Waals surface area (Å²) in [6, 6.07) is 3.71. The van der Waals surface area contributed by atoms with Gasteiger partial charge in [0.2, 0.25) is 0 Å². The Morgan fingerprint density at radius 1 is 1.38 bits per heavy atom. The standard InChI is InChI=1S/C12H13NO2S/c1-8-9(4-6-16-8)12(14)10-3-5-13-7-11(10)15-2/h3-7,12,14H,1-2H3. The number of aliphatic hydroxyl groups is 1. The van der Waals surface area contributed by atoms with Crippen molar-refractivity contribution in [2.75, 3.05) is 7.11 Å². The van der Waals surface area contributed by atoms with Gasteiger partial charge in [-0.15, -0.1) is 11.3 Å². The number of hydrogen-bond donors (Lipinski definition) is 1. The van der Waals surface area contributed by atoms with E-state index in [-0.39, 0.29) is 0 Å². The Morgan fingerprint density at radius 2 is 2.19 bits per heavy atom. The van der Waals surface area contributed by atoms with Gasteiger partial charge in [-0.3, -0.25) is 4.98 Å². The van der Waals surface area contributed by atoms with Crippen LogP contribution in [0.15, 0.2) is 29.9 Å². The van der Waals surface area contributed by atoms with E-state index in [1.54, 1.807) is 36.9 Å². The molecule has 0 saturated heterocycles. The van der Waals surface area contributed by atoms with Crippen molar-refractivity contribution in [3.63, 3.8) is 0 Å². The van der Waals surface area contributed by atoms with E-state index < -0.39 is 6.10 Å². The normalized spacial score (nSPS) is 12.4. The number of ether oxygens (including phenoxy) is 1. The number of rotatable bonds is 3. The van der Waals surface area contributed by atoms with E-state index in [0.29, 0.717) is 5.75 Å². The molecule has 2 rings (SSSR count). The van der Waals surface area contributed by atoms with E-state index in [1.807, 2.05) is 18.4 Å². The highest BCUT2D eigenvalue weighted by atomic mass is 32.1. The molecule has 0 amide bonds. The lowest BCUT2D eigenvalue weighted by atomic mass is 10.0. The molecule has 1 unspecified atom stereocenters. The third kappa shape index (κ3) is 1.94. The second-order valence-corrected chi connectivity index (χ2v) is 4.57. The summed E-state index contributed by atoms with van der Waals surface area (Å²) in [5, 5.41) is 12.2. The van der Waals surface area contributed by atoms with Gasteiger partial charge in [0.25, 0.3) is 0 Å². The zero-order valence-electron chi connectivity index (χ0n) is 9.18. The predicted octanol–water partition coefficient (Wildman–Crippen LogP) is 2.54. The Morgan fingerprint density at radius 3 is 2.81 bits per heavy atom. The summed E-state index contributed by atoms with van der Waals surface area (Å²) in [7, 11) is 1.58. The molecule has 2 heterocycles. The van der Waals surface area contributed by atoms with E-state index >= 15 is 0 Å². The summed E-state index contributed by atoms with van der Waals surface area (Å²) in [5.74, 6) is 0.612. The number of aliphatic hydroxyl groups excluding tert-OH is 1. The third-order valence-corrected chi connectivity index (χ3v) is 3.39. The summed E-state index contributed by atoms with van der Waals surface area (Å²) < 4.78 is 5.19. The first-order valence-corrected chi connectivity index (χ1v) is 5.82. The molecule has 0 radical (unpaired) electrons. The molecule has 1 N–H and O–H groups in total. The zero-order valence-corrected chi connectivity index (χ0v) is 9.99. The second kappa shape index (κ2) is 4.63. The first kappa shape index (κ1) is 11.1. The average Bonchev–Trinajstić information content (AvgIpc) is 2.74. The maximum absolute atomic E-state index is 10.3. The van der Waals surface area contributed by atoms with Gasteiger partial charge in [0.05, 0.1) is 13.3 Å². The monoisotopic (exact) mass is 235 g/mol. The Kier molecular flexibility index (Phi) is 3.22. The van der Waals surface area contributed by atoms with Crippen molar-refractivity contribution >= 4 is 11.3 Å². The van der Waals surface area contributed by atoms with Crippen molar-refractivity contribution in [1.82, 2.24) is 4.98 Å². The first-order valence-electron chi connectivity index (χ1n) is 4.94. The Labute approximate surface area is 98.4 Å². The molecule has 4 heteroatoms. The lowest BCUT2D eigenvalue weighted by molar-refractivity contribution is 0.214. The number of methoxy groups -OCH3 is 1. The molecule has 2 aromatic rings. The van der Waals surface area contributed by atoms with E-state index in [0.717, 1.165) is 16.0 Å². The van der Waals surface area contributed by atoms with Gasteiger partial charge < -0.3 is 9.84 Å². The molecule has 2 aromatic heterocycles. The van der Waals surface area contributed by atoms with Crippen molar-refractivity contribution in [3.8, 4) is 5.75 Å². The third-order valence-electron chi connectivity index (χ3n) is 2.52. The van der Waals surface area contributed by atoms with Crippen molar-refractivity contribution < 1.29 is 9.84 Å². The van der Waals surface area contributed by atoms with Crippen LogP contribution >= 0.6 is 11.3 Å². The van der Waals surface area contributed by atoms with Crippen LogP contribution in [0.1, 0.15) is 22.1 Å². The Bertz CT molecular complexity index is 481. The van der Waals surface area contributed by atoms with E-state index in [1.165, 1.54) is 0 Å². The van der Waals surface area contributed by atoms with Crippen LogP contribution in [-0.4, -0.2) is 17.2 Å². The molecule has 0 saturated carbocycles. The van der Waals surface area contributed by atoms with Gasteiger partial charge in [-0.1, -0.05) is 0 Å². The van der Waals surface area contributed by atoms with E-state index in [9.17, 15) is 5.11 Å². The highest BCUT2D eigenvalue weighted by Gasteiger charge is 2.17. The van der Waals surface area contributed by atoms with Crippen LogP contribution in [0.3, 0.4) is 0 Å². The van der Waals surface area contributed by atoms with Crippen LogP contribution < -0.4 is 4.74 Å². The molecular formula is C12H13NO2S. The highest BCUT2D eigenvalue weighted by molar-refractivity contribution is 7.10. The van der Waals surface area contributed by atoms with Gasteiger partial charge in [0.15, 0.2) is 0 Å². The van der Waals surface area contributed by atoms with Crippen LogP contribution in [-0.2, 0) is 0 Å². The van der Waals surface area contributed by atoms with Crippen molar-refractivity contribution in [1.29, 1.82) is 0 Å². The van der Waals surface area contributed by atoms with Gasteiger partial charge in [0, 0.05) is 16.6 Å². The molecule has 0 fully saturated rings. The van der Waals surface area contributed by atoms with Crippen molar-refractivity contribution in [2.24, 2.45) is 0 Å². The summed E-state index contributed by atoms with van der Waals surface area (Å²) in [6.07, 6.45) is 2.62. The second-order valence-electron chi connectivity index (χ2n) is 3.45. The molecule has 0 spiro atoms. The molecule has 0 aliphatic heterocycles. The minimum Gasteiger partial charge on any atom is -0.495 e.